The molecule has 19 heavy (non-hydrogen) atoms. The van der Waals surface area contributed by atoms with E-state index < -0.39 is 0 Å². The number of ether oxygens (including phenoxy) is 1. The molecule has 0 saturated heterocycles. The number of rotatable bonds is 4. The van der Waals surface area contributed by atoms with Crippen molar-refractivity contribution in [1.29, 1.82) is 0 Å². The molecule has 0 N–H and O–H groups in total. The second-order valence-corrected chi connectivity index (χ2v) is 4.35. The predicted octanol–water partition coefficient (Wildman–Crippen LogP) is 2.63. The quantitative estimate of drug-likeness (QED) is 0.624. The van der Waals surface area contributed by atoms with Gasteiger partial charge in [-0.25, -0.2) is 0 Å². The van der Waals surface area contributed by atoms with Gasteiger partial charge >= 0.3 is 0 Å². The molecule has 0 saturated carbocycles. The highest BCUT2D eigenvalue weighted by Crippen LogP contribution is 2.21. The van der Waals surface area contributed by atoms with Crippen LogP contribution >= 0.6 is 0 Å². The minimum Gasteiger partial charge on any atom is -0.496 e. The maximum atomic E-state index is 11.9. The molecule has 2 rings (SSSR count). The molecule has 98 valence electrons. The van der Waals surface area contributed by atoms with Crippen LogP contribution in [0.5, 0.6) is 5.75 Å². The summed E-state index contributed by atoms with van der Waals surface area (Å²) in [6.07, 6.45) is 6.55. The van der Waals surface area contributed by atoms with E-state index in [0.717, 1.165) is 16.9 Å². The molecule has 0 fully saturated rings. The molecule has 0 aliphatic rings. The van der Waals surface area contributed by atoms with Crippen LogP contribution in [-0.4, -0.2) is 22.7 Å². The summed E-state index contributed by atoms with van der Waals surface area (Å²) in [4.78, 5) is 11.9. The Morgan fingerprint density at radius 2 is 2.21 bits per heavy atom. The number of aromatic nitrogens is 2. The summed E-state index contributed by atoms with van der Waals surface area (Å²) in [5, 5.41) is 3.98. The van der Waals surface area contributed by atoms with E-state index >= 15 is 0 Å². The third-order valence-electron chi connectivity index (χ3n) is 2.79. The van der Waals surface area contributed by atoms with Crippen LogP contribution < -0.4 is 4.74 Å². The lowest BCUT2D eigenvalue weighted by Gasteiger charge is -2.05. The molecular weight excluding hydrogens is 240 g/mol. The van der Waals surface area contributed by atoms with Crippen LogP contribution in [0.4, 0.5) is 0 Å². The number of ketones is 1. The molecule has 0 aliphatic carbocycles. The van der Waals surface area contributed by atoms with E-state index in [9.17, 15) is 4.79 Å². The molecule has 0 aliphatic heterocycles. The van der Waals surface area contributed by atoms with E-state index in [4.69, 9.17) is 4.74 Å². The molecule has 1 aromatic carbocycles. The SMILES string of the molecule is COc1ccc(C)cc1/C=C/C(=O)c1cnn(C)c1. The largest absolute Gasteiger partial charge is 0.496 e. The summed E-state index contributed by atoms with van der Waals surface area (Å²) in [7, 11) is 3.40. The average Bonchev–Trinajstić information content (AvgIpc) is 2.83. The third-order valence-corrected chi connectivity index (χ3v) is 2.79. The number of hydrogen-bond donors (Lipinski definition) is 0. The molecule has 0 bridgehead atoms. The Bertz CT molecular complexity index is 627. The van der Waals surface area contributed by atoms with Gasteiger partial charge in [0, 0.05) is 18.8 Å². The maximum Gasteiger partial charge on any atom is 0.189 e. The van der Waals surface area contributed by atoms with Crippen LogP contribution in [-0.2, 0) is 7.05 Å². The van der Waals surface area contributed by atoms with E-state index in [1.165, 1.54) is 6.08 Å². The number of benzene rings is 1. The molecule has 2 aromatic rings. The average molecular weight is 256 g/mol. The lowest BCUT2D eigenvalue weighted by Crippen LogP contribution is -1.93. The number of methoxy groups -OCH3 is 1. The zero-order chi connectivity index (χ0) is 13.8. The van der Waals surface area contributed by atoms with Gasteiger partial charge in [-0.05, 0) is 31.2 Å². The number of carbonyl (C=O) groups is 1. The van der Waals surface area contributed by atoms with Crippen molar-refractivity contribution in [2.45, 2.75) is 6.92 Å². The Kier molecular flexibility index (Phi) is 3.80. The standard InChI is InChI=1S/C15H16N2O2/c1-11-4-7-15(19-3)12(8-11)5-6-14(18)13-9-16-17(2)10-13/h4-10H,1-3H3/b6-5+. The zero-order valence-corrected chi connectivity index (χ0v) is 11.3. The summed E-state index contributed by atoms with van der Waals surface area (Å²) in [6, 6.07) is 5.84. The molecule has 4 nitrogen and oxygen atoms in total. The molecule has 4 heteroatoms. The highest BCUT2D eigenvalue weighted by atomic mass is 16.5. The minimum absolute atomic E-state index is 0.0725. The minimum atomic E-state index is -0.0725. The van der Waals surface area contributed by atoms with Crippen LogP contribution in [0.3, 0.4) is 0 Å². The second kappa shape index (κ2) is 5.52. The fourth-order valence-electron chi connectivity index (χ4n) is 1.79. The van der Waals surface area contributed by atoms with Crippen molar-refractivity contribution in [3.63, 3.8) is 0 Å². The van der Waals surface area contributed by atoms with E-state index in [1.54, 1.807) is 37.3 Å². The highest BCUT2D eigenvalue weighted by Gasteiger charge is 2.05. The molecule has 0 unspecified atom stereocenters. The van der Waals surface area contributed by atoms with Crippen LogP contribution in [0.25, 0.3) is 6.08 Å². The Hall–Kier alpha value is -2.36. The Balaban J connectivity index is 2.23. The Morgan fingerprint density at radius 1 is 1.42 bits per heavy atom. The van der Waals surface area contributed by atoms with Crippen molar-refractivity contribution in [3.05, 3.63) is 53.4 Å². The van der Waals surface area contributed by atoms with Gasteiger partial charge in [0.2, 0.25) is 0 Å². The van der Waals surface area contributed by atoms with Gasteiger partial charge in [0.1, 0.15) is 5.75 Å². The fraction of sp³-hybridized carbons (Fsp3) is 0.200. The van der Waals surface area contributed by atoms with E-state index in [1.807, 2.05) is 25.1 Å². The molecular formula is C15H16N2O2. The molecule has 0 amide bonds. The molecule has 0 spiro atoms. The summed E-state index contributed by atoms with van der Waals surface area (Å²) in [5.41, 5.74) is 2.58. The first-order valence-electron chi connectivity index (χ1n) is 5.96. The number of nitrogens with zero attached hydrogens (tertiary/aromatic N) is 2. The molecule has 1 aromatic heterocycles. The van der Waals surface area contributed by atoms with Crippen molar-refractivity contribution < 1.29 is 9.53 Å². The van der Waals surface area contributed by atoms with Gasteiger partial charge in [-0.2, -0.15) is 5.10 Å². The van der Waals surface area contributed by atoms with Gasteiger partial charge in [-0.1, -0.05) is 11.6 Å². The lowest BCUT2D eigenvalue weighted by atomic mass is 10.1. The maximum absolute atomic E-state index is 11.9. The van der Waals surface area contributed by atoms with Crippen molar-refractivity contribution in [2.75, 3.05) is 7.11 Å². The fourth-order valence-corrected chi connectivity index (χ4v) is 1.79. The molecule has 0 atom stereocenters. The second-order valence-electron chi connectivity index (χ2n) is 4.35. The zero-order valence-electron chi connectivity index (χ0n) is 11.3. The third kappa shape index (κ3) is 3.10. The normalized spacial score (nSPS) is 10.9. The van der Waals surface area contributed by atoms with Gasteiger partial charge in [-0.15, -0.1) is 0 Å². The Morgan fingerprint density at radius 3 is 2.84 bits per heavy atom. The molecule has 0 radical (unpaired) electrons. The van der Waals surface area contributed by atoms with Gasteiger partial charge in [0.05, 0.1) is 18.9 Å². The first-order chi connectivity index (χ1) is 9.10. The molecule has 1 heterocycles. The summed E-state index contributed by atoms with van der Waals surface area (Å²) in [5.74, 6) is 0.678. The summed E-state index contributed by atoms with van der Waals surface area (Å²) < 4.78 is 6.87. The highest BCUT2D eigenvalue weighted by molar-refractivity contribution is 6.06. The number of carbonyl (C=O) groups excluding carboxylic acids is 1. The van der Waals surface area contributed by atoms with Crippen molar-refractivity contribution in [3.8, 4) is 5.75 Å². The number of hydrogen-bond acceptors (Lipinski definition) is 3. The van der Waals surface area contributed by atoms with Crippen molar-refractivity contribution in [1.82, 2.24) is 9.78 Å². The monoisotopic (exact) mass is 256 g/mol. The lowest BCUT2D eigenvalue weighted by molar-refractivity contribution is 0.104. The van der Waals surface area contributed by atoms with Gasteiger partial charge in [0.15, 0.2) is 5.78 Å². The van der Waals surface area contributed by atoms with Crippen LogP contribution in [0, 0.1) is 6.92 Å². The predicted molar refractivity (Wildman–Crippen MR) is 74.3 cm³/mol. The number of allylic oxidation sites excluding steroid dienone is 1. The smallest absolute Gasteiger partial charge is 0.189 e. The first kappa shape index (κ1) is 13.1. The Labute approximate surface area is 112 Å². The van der Waals surface area contributed by atoms with E-state index in [2.05, 4.69) is 5.10 Å². The van der Waals surface area contributed by atoms with Crippen molar-refractivity contribution >= 4 is 11.9 Å². The van der Waals surface area contributed by atoms with Crippen molar-refractivity contribution in [2.24, 2.45) is 7.05 Å². The van der Waals surface area contributed by atoms with Crippen LogP contribution in [0.15, 0.2) is 36.7 Å². The van der Waals surface area contributed by atoms with E-state index in [0.29, 0.717) is 5.56 Å². The number of aryl methyl sites for hydroxylation is 2. The topological polar surface area (TPSA) is 44.1 Å². The first-order valence-corrected chi connectivity index (χ1v) is 5.96. The van der Waals surface area contributed by atoms with Gasteiger partial charge in [-0.3, -0.25) is 9.48 Å². The van der Waals surface area contributed by atoms with Crippen LogP contribution in [0.1, 0.15) is 21.5 Å². The van der Waals surface area contributed by atoms with E-state index in [-0.39, 0.29) is 5.78 Å². The van der Waals surface area contributed by atoms with Gasteiger partial charge in [0.25, 0.3) is 0 Å². The summed E-state index contributed by atoms with van der Waals surface area (Å²) >= 11 is 0. The van der Waals surface area contributed by atoms with Crippen LogP contribution in [0.2, 0.25) is 0 Å². The van der Waals surface area contributed by atoms with Gasteiger partial charge < -0.3 is 4.74 Å². The summed E-state index contributed by atoms with van der Waals surface area (Å²) in [6.45, 7) is 2.00.